The lowest BCUT2D eigenvalue weighted by Gasteiger charge is -2.33. The van der Waals surface area contributed by atoms with Crippen molar-refractivity contribution in [2.75, 3.05) is 12.0 Å². The smallest absolute Gasteiger partial charge is 0.248 e. The van der Waals surface area contributed by atoms with Gasteiger partial charge in [0.15, 0.2) is 0 Å². The fourth-order valence-corrected chi connectivity index (χ4v) is 5.70. The summed E-state index contributed by atoms with van der Waals surface area (Å²) in [5, 5.41) is 6.14. The number of carbonyl (C=O) groups is 2. The molecule has 2 aromatic carbocycles. The van der Waals surface area contributed by atoms with Crippen molar-refractivity contribution in [3.8, 4) is 5.75 Å². The van der Waals surface area contributed by atoms with E-state index in [1.165, 1.54) is 17.8 Å². The molecule has 0 unspecified atom stereocenters. The van der Waals surface area contributed by atoms with Crippen LogP contribution in [0.3, 0.4) is 0 Å². The zero-order chi connectivity index (χ0) is 25.6. The number of fused-ring (bicyclic) bond motifs is 1. The molecular formula is C30H31N3O3S. The summed E-state index contributed by atoms with van der Waals surface area (Å²) < 4.78 is 5.35. The largest absolute Gasteiger partial charge is 0.497 e. The van der Waals surface area contributed by atoms with E-state index in [1.54, 1.807) is 18.2 Å². The van der Waals surface area contributed by atoms with Crippen molar-refractivity contribution in [1.29, 1.82) is 0 Å². The minimum absolute atomic E-state index is 0.117. The molecule has 0 aliphatic heterocycles. The summed E-state index contributed by atoms with van der Waals surface area (Å²) >= 11 is 1.54. The first-order valence-electron chi connectivity index (χ1n) is 12.8. The molecule has 4 aromatic rings. The maximum Gasteiger partial charge on any atom is 0.248 e. The van der Waals surface area contributed by atoms with Crippen molar-refractivity contribution in [2.45, 2.75) is 50.6 Å². The van der Waals surface area contributed by atoms with Gasteiger partial charge in [0.25, 0.3) is 0 Å². The number of aromatic nitrogens is 1. The molecular weight excluding hydrogens is 482 g/mol. The Kier molecular flexibility index (Phi) is 7.80. The van der Waals surface area contributed by atoms with Crippen LogP contribution >= 0.6 is 11.3 Å². The summed E-state index contributed by atoms with van der Waals surface area (Å²) in [6.45, 7) is 0. The van der Waals surface area contributed by atoms with Crippen LogP contribution in [0.2, 0.25) is 0 Å². The van der Waals surface area contributed by atoms with Crippen molar-refractivity contribution in [2.24, 2.45) is 0 Å². The Morgan fingerprint density at radius 1 is 1.05 bits per heavy atom. The highest BCUT2D eigenvalue weighted by molar-refractivity contribution is 7.10. The van der Waals surface area contributed by atoms with Crippen molar-refractivity contribution in [3.63, 3.8) is 0 Å². The van der Waals surface area contributed by atoms with E-state index in [-0.39, 0.29) is 24.3 Å². The molecule has 1 aliphatic carbocycles. The van der Waals surface area contributed by atoms with E-state index in [2.05, 4.69) is 10.3 Å². The topological polar surface area (TPSA) is 71.5 Å². The normalized spacial score (nSPS) is 14.7. The number of thiophene rings is 1. The summed E-state index contributed by atoms with van der Waals surface area (Å²) in [5.41, 5.74) is 2.16. The Labute approximate surface area is 221 Å². The number of ether oxygens (including phenoxy) is 1. The molecule has 2 amide bonds. The lowest BCUT2D eigenvalue weighted by Crippen LogP contribution is -2.47. The van der Waals surface area contributed by atoms with E-state index in [1.807, 2.05) is 72.1 Å². The first-order chi connectivity index (χ1) is 18.1. The van der Waals surface area contributed by atoms with Crippen LogP contribution in [0.4, 0.5) is 5.69 Å². The monoisotopic (exact) mass is 513 g/mol. The van der Waals surface area contributed by atoms with Gasteiger partial charge in [-0.3, -0.25) is 19.5 Å². The van der Waals surface area contributed by atoms with Crippen molar-refractivity contribution in [1.82, 2.24) is 10.3 Å². The lowest BCUT2D eigenvalue weighted by atomic mass is 9.94. The van der Waals surface area contributed by atoms with E-state index < -0.39 is 6.04 Å². The van der Waals surface area contributed by atoms with Gasteiger partial charge in [0.1, 0.15) is 11.8 Å². The molecule has 1 saturated carbocycles. The molecule has 0 radical (unpaired) electrons. The number of rotatable bonds is 8. The van der Waals surface area contributed by atoms with Crippen LogP contribution in [0.1, 0.15) is 48.6 Å². The second-order valence-corrected chi connectivity index (χ2v) is 10.5. The third kappa shape index (κ3) is 5.83. The van der Waals surface area contributed by atoms with Crippen LogP contribution in [0.5, 0.6) is 5.75 Å². The zero-order valence-corrected chi connectivity index (χ0v) is 21.7. The number of nitrogens with zero attached hydrogens (tertiary/aromatic N) is 2. The third-order valence-electron chi connectivity index (χ3n) is 6.92. The van der Waals surface area contributed by atoms with E-state index in [9.17, 15) is 9.59 Å². The van der Waals surface area contributed by atoms with Crippen LogP contribution in [0.15, 0.2) is 78.3 Å². The first-order valence-corrected chi connectivity index (χ1v) is 13.6. The number of amides is 2. The summed E-state index contributed by atoms with van der Waals surface area (Å²) in [6, 6.07) is 20.3. The number of para-hydroxylation sites is 1. The molecule has 1 atom stereocenters. The highest BCUT2D eigenvalue weighted by atomic mass is 32.1. The van der Waals surface area contributed by atoms with Crippen LogP contribution in [0.25, 0.3) is 10.9 Å². The highest BCUT2D eigenvalue weighted by Crippen LogP contribution is 2.32. The summed E-state index contributed by atoms with van der Waals surface area (Å²) in [7, 11) is 1.61. The fraction of sp³-hybridized carbons (Fsp3) is 0.300. The fourth-order valence-electron chi connectivity index (χ4n) is 5.01. The second-order valence-electron chi connectivity index (χ2n) is 9.43. The molecule has 0 spiro atoms. The maximum absolute atomic E-state index is 14.0. The van der Waals surface area contributed by atoms with Gasteiger partial charge in [0, 0.05) is 16.3 Å². The minimum Gasteiger partial charge on any atom is -0.497 e. The molecule has 2 heterocycles. The Morgan fingerprint density at radius 2 is 1.84 bits per heavy atom. The Hall–Kier alpha value is -3.71. The predicted octanol–water partition coefficient (Wildman–Crippen LogP) is 6.07. The van der Waals surface area contributed by atoms with Gasteiger partial charge in [-0.1, -0.05) is 55.7 Å². The van der Waals surface area contributed by atoms with Crippen LogP contribution in [0, 0.1) is 0 Å². The van der Waals surface area contributed by atoms with Crippen molar-refractivity contribution in [3.05, 3.63) is 88.7 Å². The van der Waals surface area contributed by atoms with Gasteiger partial charge >= 0.3 is 0 Å². The average Bonchev–Trinajstić information content (AvgIpc) is 3.45. The molecule has 190 valence electrons. The number of benzene rings is 2. The molecule has 1 aliphatic rings. The van der Waals surface area contributed by atoms with Crippen LogP contribution < -0.4 is 15.0 Å². The number of carbonyl (C=O) groups excluding carboxylic acids is 2. The summed E-state index contributed by atoms with van der Waals surface area (Å²) in [4.78, 5) is 35.2. The van der Waals surface area contributed by atoms with Crippen molar-refractivity contribution >= 4 is 39.7 Å². The van der Waals surface area contributed by atoms with Crippen LogP contribution in [-0.2, 0) is 16.0 Å². The van der Waals surface area contributed by atoms with E-state index in [4.69, 9.17) is 4.74 Å². The van der Waals surface area contributed by atoms with E-state index in [0.717, 1.165) is 47.0 Å². The predicted molar refractivity (Wildman–Crippen MR) is 148 cm³/mol. The van der Waals surface area contributed by atoms with Crippen molar-refractivity contribution < 1.29 is 14.3 Å². The number of pyridine rings is 1. The third-order valence-corrected chi connectivity index (χ3v) is 7.79. The lowest BCUT2D eigenvalue weighted by molar-refractivity contribution is -0.127. The summed E-state index contributed by atoms with van der Waals surface area (Å²) in [6.07, 6.45) is 7.22. The minimum atomic E-state index is -0.844. The SMILES string of the molecule is COc1ccc([C@H](C(=O)NC2CCCCC2)N(C(=O)Cc2cccs2)c2cnc3ccccc3c2)cc1. The number of nitrogens with one attached hydrogen (secondary N) is 1. The molecule has 5 rings (SSSR count). The highest BCUT2D eigenvalue weighted by Gasteiger charge is 2.34. The standard InChI is InChI=1S/C30H31N3O3S/c1-36-25-15-13-21(14-16-25)29(30(35)32-23-9-3-2-4-10-23)33(28(34)19-26-11-7-17-37-26)24-18-22-8-5-6-12-27(22)31-20-24/h5-8,11-18,20,23,29H,2-4,9-10,19H2,1H3,(H,32,35)/t29-/m1/s1. The molecule has 1 N–H and O–H groups in total. The van der Waals surface area contributed by atoms with E-state index >= 15 is 0 Å². The zero-order valence-electron chi connectivity index (χ0n) is 20.9. The molecule has 1 fully saturated rings. The van der Waals surface area contributed by atoms with Gasteiger partial charge in [0.2, 0.25) is 11.8 Å². The van der Waals surface area contributed by atoms with Gasteiger partial charge in [-0.05, 0) is 54.1 Å². The first kappa shape index (κ1) is 25.0. The molecule has 6 nitrogen and oxygen atoms in total. The summed E-state index contributed by atoms with van der Waals surface area (Å²) in [5.74, 6) is 0.364. The second kappa shape index (κ2) is 11.6. The molecule has 37 heavy (non-hydrogen) atoms. The van der Waals surface area contributed by atoms with Gasteiger partial charge in [-0.15, -0.1) is 11.3 Å². The van der Waals surface area contributed by atoms with Gasteiger partial charge in [-0.25, -0.2) is 0 Å². The Balaban J connectivity index is 1.59. The quantitative estimate of drug-likeness (QED) is 0.310. The number of methoxy groups -OCH3 is 1. The van der Waals surface area contributed by atoms with E-state index in [0.29, 0.717) is 11.4 Å². The van der Waals surface area contributed by atoms with Gasteiger partial charge < -0.3 is 10.1 Å². The molecule has 2 aromatic heterocycles. The number of anilines is 1. The van der Waals surface area contributed by atoms with Gasteiger partial charge in [0.05, 0.1) is 30.9 Å². The Morgan fingerprint density at radius 3 is 2.57 bits per heavy atom. The molecule has 0 bridgehead atoms. The molecule has 7 heteroatoms. The number of hydrogen-bond acceptors (Lipinski definition) is 5. The molecule has 0 saturated heterocycles. The maximum atomic E-state index is 14.0. The number of hydrogen-bond donors (Lipinski definition) is 1. The van der Waals surface area contributed by atoms with Gasteiger partial charge in [-0.2, -0.15) is 0 Å². The Bertz CT molecular complexity index is 1350. The average molecular weight is 514 g/mol. The van der Waals surface area contributed by atoms with Crippen LogP contribution in [-0.4, -0.2) is 29.9 Å².